The van der Waals surface area contributed by atoms with E-state index < -0.39 is 11.4 Å². The van der Waals surface area contributed by atoms with Crippen molar-refractivity contribution in [1.82, 2.24) is 0 Å². The van der Waals surface area contributed by atoms with Crippen molar-refractivity contribution < 1.29 is 24.1 Å². The standard InChI is InChI=1S/C30H42O5/c1-20(31)30(34-5)15-13-26-24-11-8-22-18-29(32,35-19-21-6-9-23(33-4)10-7-21)17-16-27(22,2)25(24)12-14-28(26,30)3/h6-10,24-26,32H,11-19H2,1-5H3/t24?,25?,26?,27-,28-,29-,30+/m0/s1. The Morgan fingerprint density at radius 1 is 1.03 bits per heavy atom. The molecule has 3 saturated carbocycles. The zero-order valence-corrected chi connectivity index (χ0v) is 22.1. The lowest BCUT2D eigenvalue weighted by Gasteiger charge is -2.59. The molecule has 1 aromatic rings. The number of Topliss-reactive ketones (excluding diaryl/α,β-unsaturated/α-hetero) is 1. The molecule has 0 saturated heterocycles. The van der Waals surface area contributed by atoms with Crippen molar-refractivity contribution in [2.24, 2.45) is 28.6 Å². The third kappa shape index (κ3) is 3.72. The largest absolute Gasteiger partial charge is 0.497 e. The number of hydrogen-bond donors (Lipinski definition) is 1. The second-order valence-electron chi connectivity index (χ2n) is 12.1. The van der Waals surface area contributed by atoms with Crippen LogP contribution in [0.3, 0.4) is 0 Å². The van der Waals surface area contributed by atoms with Crippen LogP contribution < -0.4 is 4.74 Å². The van der Waals surface area contributed by atoms with Crippen LogP contribution in [0.25, 0.3) is 0 Å². The molecule has 5 rings (SSSR count). The molecule has 5 heteroatoms. The summed E-state index contributed by atoms with van der Waals surface area (Å²) >= 11 is 0. The van der Waals surface area contributed by atoms with Crippen LogP contribution in [0.5, 0.6) is 5.75 Å². The molecule has 0 amide bonds. The van der Waals surface area contributed by atoms with Crippen LogP contribution in [0.4, 0.5) is 0 Å². The van der Waals surface area contributed by atoms with Gasteiger partial charge in [0, 0.05) is 25.4 Å². The third-order valence-corrected chi connectivity index (χ3v) is 10.8. The number of rotatable bonds is 6. The summed E-state index contributed by atoms with van der Waals surface area (Å²) in [5.74, 6) is 1.57. The Balaban J connectivity index is 1.33. The number of ketones is 1. The van der Waals surface area contributed by atoms with Crippen LogP contribution in [0, 0.1) is 28.6 Å². The lowest BCUT2D eigenvalue weighted by molar-refractivity contribution is -0.232. The van der Waals surface area contributed by atoms with Gasteiger partial charge in [-0.2, -0.15) is 0 Å². The second-order valence-corrected chi connectivity index (χ2v) is 12.1. The molecule has 192 valence electrons. The average Bonchev–Trinajstić information content (AvgIpc) is 3.17. The Kier molecular flexibility index (Phi) is 6.22. The van der Waals surface area contributed by atoms with Gasteiger partial charge in [0.25, 0.3) is 0 Å². The Morgan fingerprint density at radius 3 is 2.40 bits per heavy atom. The highest BCUT2D eigenvalue weighted by molar-refractivity contribution is 5.86. The minimum Gasteiger partial charge on any atom is -0.497 e. The van der Waals surface area contributed by atoms with Crippen molar-refractivity contribution in [3.8, 4) is 5.75 Å². The fourth-order valence-electron chi connectivity index (χ4n) is 8.74. The molecule has 0 aromatic heterocycles. The minimum atomic E-state index is -1.12. The van der Waals surface area contributed by atoms with Crippen LogP contribution in [-0.4, -0.2) is 36.5 Å². The van der Waals surface area contributed by atoms with E-state index in [0.717, 1.165) is 49.8 Å². The van der Waals surface area contributed by atoms with Crippen molar-refractivity contribution in [3.63, 3.8) is 0 Å². The fourth-order valence-corrected chi connectivity index (χ4v) is 8.74. The predicted molar refractivity (Wildman–Crippen MR) is 135 cm³/mol. The maximum atomic E-state index is 12.8. The first-order valence-electron chi connectivity index (χ1n) is 13.4. The van der Waals surface area contributed by atoms with Crippen LogP contribution >= 0.6 is 0 Å². The van der Waals surface area contributed by atoms with E-state index in [2.05, 4.69) is 19.9 Å². The highest BCUT2D eigenvalue weighted by Crippen LogP contribution is 2.68. The molecule has 3 unspecified atom stereocenters. The van der Waals surface area contributed by atoms with Gasteiger partial charge >= 0.3 is 0 Å². The van der Waals surface area contributed by atoms with Gasteiger partial charge in [0.1, 0.15) is 11.4 Å². The van der Waals surface area contributed by atoms with Gasteiger partial charge in [-0.1, -0.05) is 37.6 Å². The Morgan fingerprint density at radius 2 is 1.74 bits per heavy atom. The van der Waals surface area contributed by atoms with Crippen LogP contribution in [0.2, 0.25) is 0 Å². The number of fused-ring (bicyclic) bond motifs is 5. The Bertz CT molecular complexity index is 1000. The summed E-state index contributed by atoms with van der Waals surface area (Å²) in [7, 11) is 3.39. The van der Waals surface area contributed by atoms with Gasteiger partial charge in [-0.05, 0) is 86.3 Å². The van der Waals surface area contributed by atoms with Gasteiger partial charge < -0.3 is 19.3 Å². The molecule has 0 bridgehead atoms. The van der Waals surface area contributed by atoms with E-state index in [4.69, 9.17) is 14.2 Å². The molecule has 35 heavy (non-hydrogen) atoms. The monoisotopic (exact) mass is 482 g/mol. The number of carbonyl (C=O) groups excluding carboxylic acids is 1. The highest BCUT2D eigenvalue weighted by Gasteiger charge is 2.66. The number of allylic oxidation sites excluding steroid dienone is 1. The van der Waals surface area contributed by atoms with Crippen LogP contribution in [0.15, 0.2) is 35.9 Å². The smallest absolute Gasteiger partial charge is 0.169 e. The van der Waals surface area contributed by atoms with E-state index in [-0.39, 0.29) is 16.6 Å². The van der Waals surface area contributed by atoms with Gasteiger partial charge in [0.15, 0.2) is 11.6 Å². The van der Waals surface area contributed by atoms with E-state index in [1.165, 1.54) is 5.57 Å². The average molecular weight is 483 g/mol. The van der Waals surface area contributed by atoms with Gasteiger partial charge in [0.2, 0.25) is 0 Å². The Hall–Kier alpha value is -1.69. The lowest BCUT2D eigenvalue weighted by atomic mass is 9.46. The van der Waals surface area contributed by atoms with Crippen LogP contribution in [-0.2, 0) is 20.9 Å². The molecule has 7 atom stereocenters. The first-order chi connectivity index (χ1) is 16.6. The molecular weight excluding hydrogens is 440 g/mol. The third-order valence-electron chi connectivity index (χ3n) is 10.8. The molecular formula is C30H42O5. The first kappa shape index (κ1) is 25.0. The van der Waals surface area contributed by atoms with Crippen molar-refractivity contribution in [2.45, 2.75) is 90.1 Å². The predicted octanol–water partition coefficient (Wildman–Crippen LogP) is 5.84. The number of ether oxygens (including phenoxy) is 3. The zero-order valence-electron chi connectivity index (χ0n) is 22.1. The molecule has 5 nitrogen and oxygen atoms in total. The maximum Gasteiger partial charge on any atom is 0.169 e. The molecule has 0 heterocycles. The first-order valence-corrected chi connectivity index (χ1v) is 13.4. The summed E-state index contributed by atoms with van der Waals surface area (Å²) in [4.78, 5) is 12.8. The highest BCUT2D eigenvalue weighted by atomic mass is 16.6. The number of hydrogen-bond acceptors (Lipinski definition) is 5. The van der Waals surface area contributed by atoms with Crippen molar-refractivity contribution in [1.29, 1.82) is 0 Å². The van der Waals surface area contributed by atoms with E-state index in [0.29, 0.717) is 37.2 Å². The minimum absolute atomic E-state index is 0.0899. The molecule has 3 fully saturated rings. The van der Waals surface area contributed by atoms with E-state index in [1.807, 2.05) is 24.3 Å². The summed E-state index contributed by atoms with van der Waals surface area (Å²) in [5, 5.41) is 11.4. The molecule has 0 aliphatic heterocycles. The van der Waals surface area contributed by atoms with Crippen LogP contribution in [0.1, 0.15) is 77.7 Å². The van der Waals surface area contributed by atoms with E-state index in [9.17, 15) is 9.90 Å². The molecule has 1 N–H and O–H groups in total. The van der Waals surface area contributed by atoms with Gasteiger partial charge in [-0.15, -0.1) is 0 Å². The summed E-state index contributed by atoms with van der Waals surface area (Å²) in [6.07, 6.45) is 9.68. The summed E-state index contributed by atoms with van der Waals surface area (Å²) in [6.45, 7) is 6.85. The molecule has 0 radical (unpaired) electrons. The zero-order chi connectivity index (χ0) is 25.1. The summed E-state index contributed by atoms with van der Waals surface area (Å²) < 4.78 is 17.4. The normalized spacial score (nSPS) is 42.5. The summed E-state index contributed by atoms with van der Waals surface area (Å²) in [5.41, 5.74) is 1.77. The molecule has 0 spiro atoms. The maximum absolute atomic E-state index is 12.8. The van der Waals surface area contributed by atoms with Gasteiger partial charge in [0.05, 0.1) is 13.7 Å². The quantitative estimate of drug-likeness (QED) is 0.408. The van der Waals surface area contributed by atoms with Crippen molar-refractivity contribution in [3.05, 3.63) is 41.5 Å². The number of benzene rings is 1. The van der Waals surface area contributed by atoms with Gasteiger partial charge in [-0.3, -0.25) is 4.79 Å². The number of aliphatic hydroxyl groups is 1. The van der Waals surface area contributed by atoms with E-state index in [1.54, 1.807) is 21.1 Å². The SMILES string of the molecule is COc1ccc(CO[C@@]2(O)CC[C@@]3(C)C(=CCC4C3CC[C@@]3(C)C4CC[C@@]3(OC)C(C)=O)C2)cc1. The molecule has 4 aliphatic carbocycles. The number of carbonyl (C=O) groups is 1. The number of methoxy groups -OCH3 is 2. The Labute approximate surface area is 210 Å². The van der Waals surface area contributed by atoms with Gasteiger partial charge in [-0.25, -0.2) is 0 Å². The molecule has 4 aliphatic rings. The molecule has 1 aromatic carbocycles. The lowest BCUT2D eigenvalue weighted by Crippen LogP contribution is -2.58. The van der Waals surface area contributed by atoms with Crippen molar-refractivity contribution >= 4 is 5.78 Å². The topological polar surface area (TPSA) is 65.0 Å². The van der Waals surface area contributed by atoms with E-state index >= 15 is 0 Å². The summed E-state index contributed by atoms with van der Waals surface area (Å²) in [6, 6.07) is 7.83. The van der Waals surface area contributed by atoms with Crippen molar-refractivity contribution in [2.75, 3.05) is 14.2 Å². The second kappa shape index (κ2) is 8.71. The fraction of sp³-hybridized carbons (Fsp3) is 0.700.